The van der Waals surface area contributed by atoms with Crippen molar-refractivity contribution in [2.45, 2.75) is 20.8 Å². The Morgan fingerprint density at radius 1 is 1.45 bits per heavy atom. The fourth-order valence-corrected chi connectivity index (χ4v) is 0.458. The average molecular weight is 148 g/mol. The molecule has 0 aromatic carbocycles. The minimum Gasteiger partial charge on any atom is -0.115 e. The molecular formula is C11H16. The highest BCUT2D eigenvalue weighted by molar-refractivity contribution is 5.37. The van der Waals surface area contributed by atoms with Gasteiger partial charge in [-0.15, -0.1) is 6.42 Å². The van der Waals surface area contributed by atoms with E-state index in [9.17, 15) is 0 Å². The summed E-state index contributed by atoms with van der Waals surface area (Å²) in [6.45, 7) is 9.45. The van der Waals surface area contributed by atoms with Crippen LogP contribution >= 0.6 is 0 Å². The van der Waals surface area contributed by atoms with Gasteiger partial charge in [0.2, 0.25) is 0 Å². The second-order valence-corrected chi connectivity index (χ2v) is 1.50. The highest BCUT2D eigenvalue weighted by atomic mass is 13.8. The zero-order valence-electron chi connectivity index (χ0n) is 7.59. The molecule has 0 nitrogen and oxygen atoms in total. The number of hydrogen-bond donors (Lipinski definition) is 0. The van der Waals surface area contributed by atoms with Gasteiger partial charge in [-0.25, -0.2) is 0 Å². The van der Waals surface area contributed by atoms with Crippen LogP contribution in [0.4, 0.5) is 0 Å². The van der Waals surface area contributed by atoms with E-state index in [-0.39, 0.29) is 0 Å². The first-order valence-corrected chi connectivity index (χ1v) is 3.77. The Hall–Kier alpha value is -1.22. The van der Waals surface area contributed by atoms with Gasteiger partial charge in [0.25, 0.3) is 0 Å². The van der Waals surface area contributed by atoms with Gasteiger partial charge in [-0.2, -0.15) is 0 Å². The lowest BCUT2D eigenvalue weighted by Gasteiger charge is -1.82. The quantitative estimate of drug-likeness (QED) is 0.416. The largest absolute Gasteiger partial charge is 0.115 e. The summed E-state index contributed by atoms with van der Waals surface area (Å²) < 4.78 is 0. The molecule has 0 atom stereocenters. The van der Waals surface area contributed by atoms with Crippen molar-refractivity contribution in [3.05, 3.63) is 36.5 Å². The van der Waals surface area contributed by atoms with E-state index in [1.165, 1.54) is 0 Å². The van der Waals surface area contributed by atoms with Crippen LogP contribution in [0, 0.1) is 12.3 Å². The third-order valence-corrected chi connectivity index (χ3v) is 0.810. The van der Waals surface area contributed by atoms with Gasteiger partial charge in [-0.3, -0.25) is 0 Å². The Morgan fingerprint density at radius 3 is 2.27 bits per heavy atom. The minimum atomic E-state index is 0.854. The number of allylic oxidation sites excluding steroid dienone is 5. The Kier molecular flexibility index (Phi) is 13.1. The summed E-state index contributed by atoms with van der Waals surface area (Å²) in [7, 11) is 0. The third-order valence-electron chi connectivity index (χ3n) is 0.810. The highest BCUT2D eigenvalue weighted by Gasteiger charge is 1.76. The first-order valence-electron chi connectivity index (χ1n) is 3.77. The molecule has 60 valence electrons. The lowest BCUT2D eigenvalue weighted by atomic mass is 10.2. The van der Waals surface area contributed by atoms with Crippen LogP contribution in [0.25, 0.3) is 0 Å². The number of rotatable bonds is 2. The van der Waals surface area contributed by atoms with Crippen molar-refractivity contribution in [1.82, 2.24) is 0 Å². The van der Waals surface area contributed by atoms with Crippen molar-refractivity contribution in [3.63, 3.8) is 0 Å². The second kappa shape index (κ2) is 11.6. The fraction of sp³-hybridized carbons (Fsp3) is 0.273. The highest BCUT2D eigenvalue weighted by Crippen LogP contribution is 1.93. The topological polar surface area (TPSA) is 0 Å². The summed E-state index contributed by atoms with van der Waals surface area (Å²) in [5, 5.41) is 0. The molecule has 0 saturated heterocycles. The standard InChI is InChI=1S/C9H10.C2H6/c1-4-7-9(6-3)8-5-2;1-2/h3-5,7-8H,1H2,2H3;1-2H3/b8-5-,9-7-;. The summed E-state index contributed by atoms with van der Waals surface area (Å²) in [4.78, 5) is 0. The lowest BCUT2D eigenvalue weighted by Crippen LogP contribution is -1.66. The van der Waals surface area contributed by atoms with Crippen LogP contribution in [0.3, 0.4) is 0 Å². The SMILES string of the molecule is C#CC(/C=C\C)=C/C=C.CC. The van der Waals surface area contributed by atoms with E-state index in [2.05, 4.69) is 12.5 Å². The predicted octanol–water partition coefficient (Wildman–Crippen LogP) is 3.33. The van der Waals surface area contributed by atoms with Crippen molar-refractivity contribution in [3.8, 4) is 12.3 Å². The monoisotopic (exact) mass is 148 g/mol. The molecule has 0 aliphatic carbocycles. The Balaban J connectivity index is 0. The molecule has 0 aliphatic heterocycles. The third kappa shape index (κ3) is 8.78. The molecule has 0 heterocycles. The van der Waals surface area contributed by atoms with E-state index in [1.807, 2.05) is 32.9 Å². The van der Waals surface area contributed by atoms with Gasteiger partial charge in [0.05, 0.1) is 0 Å². The summed E-state index contributed by atoms with van der Waals surface area (Å²) in [5.41, 5.74) is 0.854. The van der Waals surface area contributed by atoms with E-state index in [4.69, 9.17) is 6.42 Å². The van der Waals surface area contributed by atoms with E-state index in [0.717, 1.165) is 5.57 Å². The zero-order valence-corrected chi connectivity index (χ0v) is 7.59. The predicted molar refractivity (Wildman–Crippen MR) is 53.3 cm³/mol. The molecular weight excluding hydrogens is 132 g/mol. The molecule has 0 rings (SSSR count). The van der Waals surface area contributed by atoms with Gasteiger partial charge in [0, 0.05) is 5.57 Å². The van der Waals surface area contributed by atoms with Gasteiger partial charge < -0.3 is 0 Å². The summed E-state index contributed by atoms with van der Waals surface area (Å²) in [6.07, 6.45) is 12.4. The molecule has 0 amide bonds. The van der Waals surface area contributed by atoms with Gasteiger partial charge in [0.15, 0.2) is 0 Å². The first kappa shape index (κ1) is 12.5. The van der Waals surface area contributed by atoms with Crippen LogP contribution < -0.4 is 0 Å². The van der Waals surface area contributed by atoms with Crippen molar-refractivity contribution in [2.75, 3.05) is 0 Å². The molecule has 11 heavy (non-hydrogen) atoms. The van der Waals surface area contributed by atoms with Crippen molar-refractivity contribution in [1.29, 1.82) is 0 Å². The van der Waals surface area contributed by atoms with Crippen molar-refractivity contribution in [2.24, 2.45) is 0 Å². The maximum atomic E-state index is 5.13. The van der Waals surface area contributed by atoms with E-state index < -0.39 is 0 Å². The maximum absolute atomic E-state index is 5.13. The Bertz CT molecular complexity index is 175. The van der Waals surface area contributed by atoms with E-state index in [1.54, 1.807) is 12.2 Å². The van der Waals surface area contributed by atoms with Crippen molar-refractivity contribution >= 4 is 0 Å². The summed E-state index contributed by atoms with van der Waals surface area (Å²) >= 11 is 0. The zero-order chi connectivity index (χ0) is 9.11. The Morgan fingerprint density at radius 2 is 2.00 bits per heavy atom. The van der Waals surface area contributed by atoms with Crippen molar-refractivity contribution < 1.29 is 0 Å². The minimum absolute atomic E-state index is 0.854. The smallest absolute Gasteiger partial charge is 0.0239 e. The molecule has 0 radical (unpaired) electrons. The summed E-state index contributed by atoms with van der Waals surface area (Å²) in [5.74, 6) is 2.51. The lowest BCUT2D eigenvalue weighted by molar-refractivity contribution is 1.50. The molecule has 0 bridgehead atoms. The van der Waals surface area contributed by atoms with Gasteiger partial charge >= 0.3 is 0 Å². The average Bonchev–Trinajstić information content (AvgIpc) is 2.08. The molecule has 0 aromatic rings. The van der Waals surface area contributed by atoms with Gasteiger partial charge in [-0.05, 0) is 13.0 Å². The fourth-order valence-electron chi connectivity index (χ4n) is 0.458. The molecule has 0 unspecified atom stereocenters. The summed E-state index contributed by atoms with van der Waals surface area (Å²) in [6, 6.07) is 0. The number of hydrogen-bond acceptors (Lipinski definition) is 0. The maximum Gasteiger partial charge on any atom is 0.0239 e. The molecule has 0 saturated carbocycles. The van der Waals surface area contributed by atoms with Crippen LogP contribution in [0.15, 0.2) is 36.5 Å². The van der Waals surface area contributed by atoms with E-state index in [0.29, 0.717) is 0 Å². The van der Waals surface area contributed by atoms with Crippen LogP contribution in [-0.4, -0.2) is 0 Å². The molecule has 0 N–H and O–H groups in total. The second-order valence-electron chi connectivity index (χ2n) is 1.50. The Labute approximate surface area is 70.3 Å². The molecule has 0 heteroatoms. The first-order chi connectivity index (χ1) is 5.35. The molecule has 0 aromatic heterocycles. The van der Waals surface area contributed by atoms with Crippen LogP contribution in [0.5, 0.6) is 0 Å². The molecule has 0 spiro atoms. The molecule has 0 aliphatic rings. The van der Waals surface area contributed by atoms with Crippen LogP contribution in [-0.2, 0) is 0 Å². The van der Waals surface area contributed by atoms with E-state index >= 15 is 0 Å². The van der Waals surface area contributed by atoms with Crippen LogP contribution in [0.2, 0.25) is 0 Å². The normalized spacial score (nSPS) is 9.82. The molecule has 0 fully saturated rings. The van der Waals surface area contributed by atoms with Crippen LogP contribution in [0.1, 0.15) is 20.8 Å². The van der Waals surface area contributed by atoms with Gasteiger partial charge in [0.1, 0.15) is 0 Å². The number of terminal acetylenes is 1. The van der Waals surface area contributed by atoms with Gasteiger partial charge in [-0.1, -0.05) is 44.6 Å².